The Morgan fingerprint density at radius 3 is 2.72 bits per heavy atom. The number of carbonyl (C=O) groups excluding carboxylic acids is 1. The number of carbonyl (C=O) groups is 1. The number of nitrogens with one attached hydrogen (secondary N) is 1. The number of pyridine rings is 1. The molecule has 29 heavy (non-hydrogen) atoms. The number of nitrogens with zero attached hydrogens (tertiary/aromatic N) is 5. The van der Waals surface area contributed by atoms with E-state index in [1.807, 2.05) is 0 Å². The van der Waals surface area contributed by atoms with E-state index in [0.29, 0.717) is 21.7 Å². The van der Waals surface area contributed by atoms with Crippen molar-refractivity contribution in [3.8, 4) is 10.8 Å². The summed E-state index contributed by atoms with van der Waals surface area (Å²) in [6.45, 7) is 1.59. The molecule has 0 atom stereocenters. The van der Waals surface area contributed by atoms with Crippen molar-refractivity contribution in [3.05, 3.63) is 58.1 Å². The Balaban J connectivity index is 1.67. The summed E-state index contributed by atoms with van der Waals surface area (Å²) in [6.07, 6.45) is -1.28. The molecule has 4 aromatic rings. The molecule has 4 rings (SSSR count). The van der Waals surface area contributed by atoms with E-state index in [-0.39, 0.29) is 16.6 Å². The Kier molecular flexibility index (Phi) is 4.71. The molecule has 0 radical (unpaired) electrons. The number of amides is 1. The highest BCUT2D eigenvalue weighted by molar-refractivity contribution is 7.13. The fraction of sp³-hybridized carbons (Fsp3) is 0.118. The van der Waals surface area contributed by atoms with Gasteiger partial charge in [-0.1, -0.05) is 11.6 Å². The fourth-order valence-corrected chi connectivity index (χ4v) is 3.56. The highest BCUT2D eigenvalue weighted by Gasteiger charge is 2.35. The summed E-state index contributed by atoms with van der Waals surface area (Å²) in [5.41, 5.74) is 1.77. The van der Waals surface area contributed by atoms with Crippen molar-refractivity contribution in [2.45, 2.75) is 13.1 Å². The van der Waals surface area contributed by atoms with Gasteiger partial charge in [0.15, 0.2) is 10.8 Å². The van der Waals surface area contributed by atoms with E-state index >= 15 is 0 Å². The highest BCUT2D eigenvalue weighted by atomic mass is 35.5. The Morgan fingerprint density at radius 2 is 2.07 bits per heavy atom. The lowest BCUT2D eigenvalue weighted by Gasteiger charge is -2.09. The lowest BCUT2D eigenvalue weighted by Crippen LogP contribution is -2.23. The maximum atomic E-state index is 13.3. The van der Waals surface area contributed by atoms with Gasteiger partial charge in [-0.05, 0) is 19.1 Å². The largest absolute Gasteiger partial charge is 0.420 e. The normalized spacial score (nSPS) is 11.8. The number of aryl methyl sites for hydroxylation is 1. The predicted molar refractivity (Wildman–Crippen MR) is 101 cm³/mol. The van der Waals surface area contributed by atoms with Crippen molar-refractivity contribution in [2.24, 2.45) is 0 Å². The topological polar surface area (TPSA) is 85.6 Å². The minimum atomic E-state index is -4.61. The van der Waals surface area contributed by atoms with Crippen molar-refractivity contribution in [3.63, 3.8) is 0 Å². The van der Waals surface area contributed by atoms with Gasteiger partial charge >= 0.3 is 6.18 Å². The van der Waals surface area contributed by atoms with Crippen molar-refractivity contribution >= 4 is 39.9 Å². The third kappa shape index (κ3) is 3.66. The van der Waals surface area contributed by atoms with Gasteiger partial charge < -0.3 is 0 Å². The van der Waals surface area contributed by atoms with Gasteiger partial charge in [0.25, 0.3) is 5.91 Å². The molecule has 0 aliphatic heterocycles. The number of hydrogen-bond acceptors (Lipinski definition) is 6. The number of rotatable bonds is 3. The molecule has 7 nitrogen and oxygen atoms in total. The van der Waals surface area contributed by atoms with Gasteiger partial charge in [0.05, 0.1) is 16.8 Å². The maximum absolute atomic E-state index is 13.3. The monoisotopic (exact) mass is 438 g/mol. The molecule has 1 amide bonds. The molecule has 0 aromatic carbocycles. The standard InChI is InChI=1S/C17H10ClF3N6OS/c1-8-9(5-23-14(24-8)16-25-12(18)7-29-16)15(28)26-27-6-10(17(19,20)21)13-11(27)3-2-4-22-13/h2-7H,1H3,(H,26,28). The van der Waals surface area contributed by atoms with E-state index < -0.39 is 17.6 Å². The molecule has 0 spiro atoms. The molecule has 0 bridgehead atoms. The second-order valence-corrected chi connectivity index (χ2v) is 7.14. The third-order valence-electron chi connectivity index (χ3n) is 3.98. The molecule has 0 fully saturated rings. The lowest BCUT2D eigenvalue weighted by molar-refractivity contribution is -0.136. The Labute approximate surface area is 170 Å². The Bertz CT molecular complexity index is 1240. The molecule has 148 valence electrons. The van der Waals surface area contributed by atoms with Crippen LogP contribution in [0.4, 0.5) is 13.2 Å². The first-order chi connectivity index (χ1) is 13.7. The maximum Gasteiger partial charge on any atom is 0.420 e. The molecule has 0 saturated carbocycles. The quantitative estimate of drug-likeness (QED) is 0.515. The molecule has 12 heteroatoms. The van der Waals surface area contributed by atoms with Crippen LogP contribution in [0.15, 0.2) is 36.1 Å². The Morgan fingerprint density at radius 1 is 1.28 bits per heavy atom. The van der Waals surface area contributed by atoms with Crippen LogP contribution in [0.3, 0.4) is 0 Å². The first-order valence-electron chi connectivity index (χ1n) is 8.03. The minimum absolute atomic E-state index is 0.107. The molecule has 1 N–H and O–H groups in total. The van der Waals surface area contributed by atoms with E-state index in [1.54, 1.807) is 12.3 Å². The predicted octanol–water partition coefficient (Wildman–Crippen LogP) is 4.31. The van der Waals surface area contributed by atoms with Crippen molar-refractivity contribution < 1.29 is 18.0 Å². The lowest BCUT2D eigenvalue weighted by atomic mass is 10.2. The van der Waals surface area contributed by atoms with Gasteiger partial charge in [-0.25, -0.2) is 15.0 Å². The minimum Gasteiger partial charge on any atom is -0.267 e. The van der Waals surface area contributed by atoms with Crippen LogP contribution in [-0.2, 0) is 6.18 Å². The average Bonchev–Trinajstić information content (AvgIpc) is 3.25. The zero-order chi connectivity index (χ0) is 20.8. The van der Waals surface area contributed by atoms with Crippen molar-refractivity contribution in [2.75, 3.05) is 5.43 Å². The summed E-state index contributed by atoms with van der Waals surface area (Å²) in [5, 5.41) is 2.42. The summed E-state index contributed by atoms with van der Waals surface area (Å²) < 4.78 is 40.8. The van der Waals surface area contributed by atoms with E-state index in [2.05, 4.69) is 25.4 Å². The van der Waals surface area contributed by atoms with Crippen LogP contribution >= 0.6 is 22.9 Å². The van der Waals surface area contributed by atoms with E-state index in [9.17, 15) is 18.0 Å². The van der Waals surface area contributed by atoms with Crippen molar-refractivity contribution in [1.82, 2.24) is 24.6 Å². The third-order valence-corrected chi connectivity index (χ3v) is 5.14. The first kappa shape index (κ1) is 19.3. The second-order valence-electron chi connectivity index (χ2n) is 5.89. The Hall–Kier alpha value is -3.05. The van der Waals surface area contributed by atoms with Gasteiger partial charge in [-0.15, -0.1) is 11.3 Å². The van der Waals surface area contributed by atoms with Crippen LogP contribution in [0.25, 0.3) is 21.9 Å². The molecule has 0 aliphatic carbocycles. The van der Waals surface area contributed by atoms with Gasteiger partial charge in [-0.3, -0.25) is 19.9 Å². The number of aromatic nitrogens is 5. The van der Waals surface area contributed by atoms with Crippen LogP contribution < -0.4 is 5.43 Å². The van der Waals surface area contributed by atoms with Gasteiger partial charge in [0, 0.05) is 24.0 Å². The van der Waals surface area contributed by atoms with E-state index in [4.69, 9.17) is 11.6 Å². The molecular formula is C17H10ClF3N6OS. The first-order valence-corrected chi connectivity index (χ1v) is 9.29. The van der Waals surface area contributed by atoms with Crippen LogP contribution in [0, 0.1) is 6.92 Å². The fourth-order valence-electron chi connectivity index (χ4n) is 2.68. The summed E-state index contributed by atoms with van der Waals surface area (Å²) in [6, 6.07) is 2.91. The zero-order valence-electron chi connectivity index (χ0n) is 14.5. The van der Waals surface area contributed by atoms with E-state index in [1.165, 1.54) is 35.9 Å². The molecule has 0 unspecified atom stereocenters. The average molecular weight is 439 g/mol. The van der Waals surface area contributed by atoms with Crippen LogP contribution in [0.2, 0.25) is 5.15 Å². The van der Waals surface area contributed by atoms with Gasteiger partial charge in [0.1, 0.15) is 16.2 Å². The van der Waals surface area contributed by atoms with Gasteiger partial charge in [-0.2, -0.15) is 13.2 Å². The van der Waals surface area contributed by atoms with Gasteiger partial charge in [0.2, 0.25) is 0 Å². The van der Waals surface area contributed by atoms with Crippen LogP contribution in [-0.4, -0.2) is 30.5 Å². The number of alkyl halides is 3. The van der Waals surface area contributed by atoms with Crippen molar-refractivity contribution in [1.29, 1.82) is 0 Å². The number of halogens is 4. The molecule has 0 saturated heterocycles. The number of fused-ring (bicyclic) bond motifs is 1. The summed E-state index contributed by atoms with van der Waals surface area (Å²) in [5.74, 6) is -0.369. The summed E-state index contributed by atoms with van der Waals surface area (Å²) >= 11 is 7.04. The van der Waals surface area contributed by atoms with E-state index in [0.717, 1.165) is 10.9 Å². The van der Waals surface area contributed by atoms with Crippen LogP contribution in [0.1, 0.15) is 21.6 Å². The second kappa shape index (κ2) is 7.08. The SMILES string of the molecule is Cc1nc(-c2nc(Cl)cs2)ncc1C(=O)Nn1cc(C(F)(F)F)c2ncccc21. The summed E-state index contributed by atoms with van der Waals surface area (Å²) in [4.78, 5) is 28.8. The summed E-state index contributed by atoms with van der Waals surface area (Å²) in [7, 11) is 0. The van der Waals surface area contributed by atoms with Crippen LogP contribution in [0.5, 0.6) is 0 Å². The molecule has 4 heterocycles. The molecule has 4 aromatic heterocycles. The molecular weight excluding hydrogens is 429 g/mol. The molecule has 0 aliphatic rings. The number of hydrogen-bond donors (Lipinski definition) is 1. The number of thiazole rings is 1. The smallest absolute Gasteiger partial charge is 0.267 e. The highest BCUT2D eigenvalue weighted by Crippen LogP contribution is 2.34. The zero-order valence-corrected chi connectivity index (χ0v) is 16.1.